The highest BCUT2D eigenvalue weighted by Crippen LogP contribution is 2.17. The summed E-state index contributed by atoms with van der Waals surface area (Å²) in [6.45, 7) is 2.71. The molecule has 0 bridgehead atoms. The Labute approximate surface area is 128 Å². The molecule has 0 saturated heterocycles. The number of nitrogens with zero attached hydrogens (tertiary/aromatic N) is 5. The molecule has 0 fully saturated rings. The molecule has 0 unspecified atom stereocenters. The summed E-state index contributed by atoms with van der Waals surface area (Å²) in [5.74, 6) is 0.840. The lowest BCUT2D eigenvalue weighted by atomic mass is 10.2. The van der Waals surface area contributed by atoms with Gasteiger partial charge in [0.25, 0.3) is 0 Å². The van der Waals surface area contributed by atoms with E-state index in [1.807, 2.05) is 24.3 Å². The summed E-state index contributed by atoms with van der Waals surface area (Å²) < 4.78 is 1.77. The number of rotatable bonds is 5. The van der Waals surface area contributed by atoms with Crippen molar-refractivity contribution in [1.82, 2.24) is 25.0 Å². The Balaban J connectivity index is 1.93. The highest BCUT2D eigenvalue weighted by Gasteiger charge is 2.10. The van der Waals surface area contributed by atoms with Gasteiger partial charge in [-0.1, -0.05) is 48.4 Å². The molecule has 108 valence electrons. The fraction of sp³-hybridized carbons (Fsp3) is 0.333. The molecular formula is C15H16ClN5. The number of hydrogen-bond acceptors (Lipinski definition) is 4. The second kappa shape index (κ2) is 6.18. The number of aromatic nitrogens is 5. The van der Waals surface area contributed by atoms with Crippen molar-refractivity contribution in [3.63, 3.8) is 0 Å². The molecule has 0 saturated carbocycles. The summed E-state index contributed by atoms with van der Waals surface area (Å²) in [6, 6.07) is 7.73. The van der Waals surface area contributed by atoms with Gasteiger partial charge >= 0.3 is 0 Å². The van der Waals surface area contributed by atoms with Crippen LogP contribution in [0.3, 0.4) is 0 Å². The molecule has 0 radical (unpaired) electrons. The molecule has 0 aliphatic rings. The van der Waals surface area contributed by atoms with Crippen molar-refractivity contribution >= 4 is 22.8 Å². The first-order valence-corrected chi connectivity index (χ1v) is 7.44. The van der Waals surface area contributed by atoms with Crippen molar-refractivity contribution in [2.45, 2.75) is 32.7 Å². The van der Waals surface area contributed by atoms with E-state index < -0.39 is 0 Å². The lowest BCUT2D eigenvalue weighted by molar-refractivity contribution is 0.661. The zero-order valence-corrected chi connectivity index (χ0v) is 12.6. The molecule has 3 rings (SSSR count). The van der Waals surface area contributed by atoms with Crippen LogP contribution in [0, 0.1) is 0 Å². The van der Waals surface area contributed by atoms with Gasteiger partial charge in [0.05, 0.1) is 12.7 Å². The first-order chi connectivity index (χ1) is 10.3. The van der Waals surface area contributed by atoms with Crippen LogP contribution < -0.4 is 0 Å². The van der Waals surface area contributed by atoms with E-state index >= 15 is 0 Å². The van der Waals surface area contributed by atoms with Gasteiger partial charge in [-0.15, -0.1) is 5.10 Å². The maximum absolute atomic E-state index is 6.20. The van der Waals surface area contributed by atoms with E-state index in [4.69, 9.17) is 11.6 Å². The van der Waals surface area contributed by atoms with Crippen LogP contribution in [0.5, 0.6) is 0 Å². The first-order valence-electron chi connectivity index (χ1n) is 7.06. The van der Waals surface area contributed by atoms with E-state index in [-0.39, 0.29) is 0 Å². The van der Waals surface area contributed by atoms with Gasteiger partial charge < -0.3 is 0 Å². The minimum Gasteiger partial charge on any atom is -0.239 e. The van der Waals surface area contributed by atoms with Crippen molar-refractivity contribution in [3.05, 3.63) is 46.9 Å². The molecule has 3 aromatic rings. The summed E-state index contributed by atoms with van der Waals surface area (Å²) in [7, 11) is 0. The summed E-state index contributed by atoms with van der Waals surface area (Å²) in [6.07, 6.45) is 4.82. The smallest absolute Gasteiger partial charge is 0.182 e. The molecule has 21 heavy (non-hydrogen) atoms. The molecule has 1 aromatic carbocycles. The summed E-state index contributed by atoms with van der Waals surface area (Å²) in [4.78, 5) is 8.91. The Morgan fingerprint density at radius 2 is 2.10 bits per heavy atom. The molecule has 6 heteroatoms. The Hall–Kier alpha value is -2.01. The van der Waals surface area contributed by atoms with E-state index in [0.29, 0.717) is 12.1 Å². The Bertz CT molecular complexity index is 753. The molecular weight excluding hydrogens is 286 g/mol. The third-order valence-corrected chi connectivity index (χ3v) is 3.71. The summed E-state index contributed by atoms with van der Waals surface area (Å²) in [5, 5.41) is 8.99. The maximum atomic E-state index is 6.20. The quantitative estimate of drug-likeness (QED) is 0.726. The Morgan fingerprint density at radius 3 is 2.90 bits per heavy atom. The van der Waals surface area contributed by atoms with Crippen LogP contribution in [0.4, 0.5) is 0 Å². The molecule has 0 spiro atoms. The number of fused-ring (bicyclic) bond motifs is 1. The molecule has 0 atom stereocenters. The minimum absolute atomic E-state index is 0.556. The van der Waals surface area contributed by atoms with Crippen molar-refractivity contribution < 1.29 is 0 Å². The third-order valence-electron chi connectivity index (χ3n) is 3.34. The molecule has 0 aliphatic carbocycles. The van der Waals surface area contributed by atoms with E-state index in [0.717, 1.165) is 41.3 Å². The number of benzene rings is 1. The van der Waals surface area contributed by atoms with Crippen LogP contribution in [0.15, 0.2) is 30.5 Å². The highest BCUT2D eigenvalue weighted by atomic mass is 35.5. The summed E-state index contributed by atoms with van der Waals surface area (Å²) >= 11 is 6.20. The SMILES string of the molecule is CCCCc1ncc2nnn(Cc3ccccc3Cl)c2n1. The average molecular weight is 302 g/mol. The number of unbranched alkanes of at least 4 members (excludes halogenated alkanes) is 1. The van der Waals surface area contributed by atoms with Gasteiger partial charge in [0.1, 0.15) is 5.82 Å². The summed E-state index contributed by atoms with van der Waals surface area (Å²) in [5.41, 5.74) is 2.47. The van der Waals surface area contributed by atoms with Crippen LogP contribution in [-0.2, 0) is 13.0 Å². The largest absolute Gasteiger partial charge is 0.239 e. The van der Waals surface area contributed by atoms with Gasteiger partial charge in [-0.3, -0.25) is 0 Å². The van der Waals surface area contributed by atoms with Gasteiger partial charge in [0.15, 0.2) is 11.2 Å². The van der Waals surface area contributed by atoms with Crippen LogP contribution >= 0.6 is 11.6 Å². The highest BCUT2D eigenvalue weighted by molar-refractivity contribution is 6.31. The second-order valence-corrected chi connectivity index (χ2v) is 5.34. The van der Waals surface area contributed by atoms with Gasteiger partial charge in [-0.05, 0) is 18.1 Å². The van der Waals surface area contributed by atoms with Gasteiger partial charge in [-0.2, -0.15) is 0 Å². The fourth-order valence-electron chi connectivity index (χ4n) is 2.16. The fourth-order valence-corrected chi connectivity index (χ4v) is 2.35. The van der Waals surface area contributed by atoms with Crippen molar-refractivity contribution in [1.29, 1.82) is 0 Å². The zero-order valence-electron chi connectivity index (χ0n) is 11.8. The molecule has 0 N–H and O–H groups in total. The first kappa shape index (κ1) is 13.9. The second-order valence-electron chi connectivity index (χ2n) is 4.94. The Kier molecular flexibility index (Phi) is 4.10. The van der Waals surface area contributed by atoms with E-state index in [1.54, 1.807) is 10.9 Å². The average Bonchev–Trinajstić information content (AvgIpc) is 2.90. The predicted octanol–water partition coefficient (Wildman–Crippen LogP) is 3.27. The van der Waals surface area contributed by atoms with E-state index in [9.17, 15) is 0 Å². The van der Waals surface area contributed by atoms with Crippen LogP contribution in [-0.4, -0.2) is 25.0 Å². The Morgan fingerprint density at radius 1 is 1.24 bits per heavy atom. The van der Waals surface area contributed by atoms with Gasteiger partial charge in [0.2, 0.25) is 0 Å². The molecule has 0 aliphatic heterocycles. The maximum Gasteiger partial charge on any atom is 0.182 e. The van der Waals surface area contributed by atoms with Crippen molar-refractivity contribution in [2.75, 3.05) is 0 Å². The third kappa shape index (κ3) is 3.03. The number of aryl methyl sites for hydroxylation is 1. The molecule has 5 nitrogen and oxygen atoms in total. The van der Waals surface area contributed by atoms with Crippen LogP contribution in [0.25, 0.3) is 11.2 Å². The van der Waals surface area contributed by atoms with Crippen LogP contribution in [0.2, 0.25) is 5.02 Å². The van der Waals surface area contributed by atoms with Crippen molar-refractivity contribution in [3.8, 4) is 0 Å². The molecule has 0 amide bonds. The predicted molar refractivity (Wildman–Crippen MR) is 82.3 cm³/mol. The lowest BCUT2D eigenvalue weighted by Gasteiger charge is -2.05. The standard InChI is InChI=1S/C15H16ClN5/c1-2-3-8-14-17-9-13-15(18-14)21(20-19-13)10-11-6-4-5-7-12(11)16/h4-7,9H,2-3,8,10H2,1H3. The van der Waals surface area contributed by atoms with Crippen LogP contribution in [0.1, 0.15) is 31.2 Å². The normalized spacial score (nSPS) is 11.1. The van der Waals surface area contributed by atoms with E-state index in [1.165, 1.54) is 0 Å². The number of halogens is 1. The number of hydrogen-bond donors (Lipinski definition) is 0. The monoisotopic (exact) mass is 301 g/mol. The zero-order chi connectivity index (χ0) is 14.7. The molecule has 2 aromatic heterocycles. The lowest BCUT2D eigenvalue weighted by Crippen LogP contribution is -2.05. The molecule has 2 heterocycles. The van der Waals surface area contributed by atoms with Gasteiger partial charge in [-0.25, -0.2) is 14.6 Å². The van der Waals surface area contributed by atoms with Gasteiger partial charge in [0, 0.05) is 11.4 Å². The minimum atomic E-state index is 0.556. The van der Waals surface area contributed by atoms with E-state index in [2.05, 4.69) is 27.2 Å². The van der Waals surface area contributed by atoms with Crippen molar-refractivity contribution in [2.24, 2.45) is 0 Å². The topological polar surface area (TPSA) is 56.5 Å².